The minimum atomic E-state index is -0.472. The molecule has 1 heterocycles. The fraction of sp³-hybridized carbons (Fsp3) is 0.500. The summed E-state index contributed by atoms with van der Waals surface area (Å²) < 4.78 is 11.0. The quantitative estimate of drug-likeness (QED) is 0.819. The third kappa shape index (κ3) is 3.74. The summed E-state index contributed by atoms with van der Waals surface area (Å²) in [5, 5.41) is 0. The maximum atomic E-state index is 12.8. The van der Waals surface area contributed by atoms with Crippen molar-refractivity contribution in [2.45, 2.75) is 32.9 Å². The molecule has 126 valence electrons. The van der Waals surface area contributed by atoms with Gasteiger partial charge < -0.3 is 20.1 Å². The number of carbonyl (C=O) groups excluding carboxylic acids is 1. The average Bonchev–Trinajstić information content (AvgIpc) is 2.49. The highest BCUT2D eigenvalue weighted by Gasteiger charge is 2.36. The zero-order valence-electron chi connectivity index (χ0n) is 14.3. The Morgan fingerprint density at radius 3 is 2.74 bits per heavy atom. The lowest BCUT2D eigenvalue weighted by Crippen LogP contribution is -2.48. The summed E-state index contributed by atoms with van der Waals surface area (Å²) >= 11 is 0. The van der Waals surface area contributed by atoms with Crippen molar-refractivity contribution in [1.29, 1.82) is 0 Å². The largest absolute Gasteiger partial charge is 0.478 e. The van der Waals surface area contributed by atoms with Crippen LogP contribution in [-0.4, -0.2) is 32.3 Å². The molecule has 2 rings (SSSR count). The van der Waals surface area contributed by atoms with Crippen LogP contribution in [0.4, 0.5) is 5.69 Å². The first-order valence-electron chi connectivity index (χ1n) is 7.86. The van der Waals surface area contributed by atoms with Gasteiger partial charge in [-0.3, -0.25) is 4.79 Å². The van der Waals surface area contributed by atoms with Crippen LogP contribution < -0.4 is 15.4 Å². The standard InChI is InChI=1S/C18H26N2O3/c1-11(2)9-20-15-8-13(14(19)10-22-5)6-7-16(15)23-17(12(3)4)18(20)21/h6-8,12,14,17H,1,9-10,19H2,2-5H3. The van der Waals surface area contributed by atoms with Crippen LogP contribution in [0.2, 0.25) is 0 Å². The van der Waals surface area contributed by atoms with Crippen molar-refractivity contribution in [3.05, 3.63) is 35.9 Å². The molecule has 23 heavy (non-hydrogen) atoms. The normalized spacial score (nSPS) is 18.6. The van der Waals surface area contributed by atoms with E-state index in [9.17, 15) is 4.79 Å². The number of rotatable bonds is 6. The van der Waals surface area contributed by atoms with E-state index in [4.69, 9.17) is 15.2 Å². The number of hydrogen-bond donors (Lipinski definition) is 1. The van der Waals surface area contributed by atoms with Crippen molar-refractivity contribution in [3.63, 3.8) is 0 Å². The molecule has 2 N–H and O–H groups in total. The molecule has 0 fully saturated rings. The van der Waals surface area contributed by atoms with Gasteiger partial charge in [-0.2, -0.15) is 0 Å². The Bertz CT molecular complexity index is 598. The van der Waals surface area contributed by atoms with E-state index >= 15 is 0 Å². The SMILES string of the molecule is C=C(C)CN1C(=O)C(C(C)C)Oc2ccc(C(N)COC)cc21. The molecule has 2 atom stereocenters. The summed E-state index contributed by atoms with van der Waals surface area (Å²) in [4.78, 5) is 14.5. The van der Waals surface area contributed by atoms with Gasteiger partial charge in [0.1, 0.15) is 5.75 Å². The number of benzene rings is 1. The summed E-state index contributed by atoms with van der Waals surface area (Å²) in [5.41, 5.74) is 8.69. The molecule has 0 aliphatic carbocycles. The fourth-order valence-electron chi connectivity index (χ4n) is 2.67. The lowest BCUT2D eigenvalue weighted by atomic mass is 10.0. The van der Waals surface area contributed by atoms with Gasteiger partial charge in [-0.15, -0.1) is 0 Å². The second-order valence-corrected chi connectivity index (χ2v) is 6.45. The second-order valence-electron chi connectivity index (χ2n) is 6.45. The van der Waals surface area contributed by atoms with Crippen LogP contribution in [0.1, 0.15) is 32.4 Å². The van der Waals surface area contributed by atoms with Gasteiger partial charge in [-0.05, 0) is 30.5 Å². The lowest BCUT2D eigenvalue weighted by Gasteiger charge is -2.36. The number of fused-ring (bicyclic) bond motifs is 1. The summed E-state index contributed by atoms with van der Waals surface area (Å²) in [5.74, 6) is 0.768. The number of carbonyl (C=O) groups is 1. The van der Waals surface area contributed by atoms with Crippen molar-refractivity contribution < 1.29 is 14.3 Å². The smallest absolute Gasteiger partial charge is 0.268 e. The zero-order chi connectivity index (χ0) is 17.1. The predicted octanol–water partition coefficient (Wildman–Crippen LogP) is 2.66. The second kappa shape index (κ2) is 7.15. The maximum Gasteiger partial charge on any atom is 0.268 e. The molecule has 5 nitrogen and oxygen atoms in total. The van der Waals surface area contributed by atoms with Crippen molar-refractivity contribution in [2.75, 3.05) is 25.2 Å². The number of anilines is 1. The number of amides is 1. The van der Waals surface area contributed by atoms with Crippen LogP contribution in [0.3, 0.4) is 0 Å². The Labute approximate surface area is 138 Å². The Balaban J connectivity index is 2.43. The molecule has 0 saturated carbocycles. The molecular weight excluding hydrogens is 292 g/mol. The van der Waals surface area contributed by atoms with Crippen LogP contribution in [0.5, 0.6) is 5.75 Å². The molecule has 1 aliphatic rings. The molecule has 2 unspecified atom stereocenters. The van der Waals surface area contributed by atoms with E-state index in [1.54, 1.807) is 12.0 Å². The van der Waals surface area contributed by atoms with Crippen LogP contribution >= 0.6 is 0 Å². The molecule has 0 saturated heterocycles. The van der Waals surface area contributed by atoms with Gasteiger partial charge in [0, 0.05) is 13.7 Å². The van der Waals surface area contributed by atoms with E-state index in [-0.39, 0.29) is 17.9 Å². The first-order chi connectivity index (χ1) is 10.8. The zero-order valence-corrected chi connectivity index (χ0v) is 14.3. The number of nitrogens with two attached hydrogens (primary N) is 1. The molecule has 1 aliphatic heterocycles. The van der Waals surface area contributed by atoms with Gasteiger partial charge in [0.15, 0.2) is 6.10 Å². The number of methoxy groups -OCH3 is 1. The molecule has 0 spiro atoms. The van der Waals surface area contributed by atoms with Gasteiger partial charge in [0.05, 0.1) is 18.3 Å². The summed E-state index contributed by atoms with van der Waals surface area (Å²) in [7, 11) is 1.62. The molecule has 1 amide bonds. The predicted molar refractivity (Wildman–Crippen MR) is 91.7 cm³/mol. The summed E-state index contributed by atoms with van der Waals surface area (Å²) in [6.07, 6.45) is -0.472. The van der Waals surface area contributed by atoms with Crippen molar-refractivity contribution in [3.8, 4) is 5.75 Å². The highest BCUT2D eigenvalue weighted by Crippen LogP contribution is 2.37. The summed E-state index contributed by atoms with van der Waals surface area (Å²) in [6.45, 7) is 10.7. The monoisotopic (exact) mass is 318 g/mol. The fourth-order valence-corrected chi connectivity index (χ4v) is 2.67. The highest BCUT2D eigenvalue weighted by molar-refractivity contribution is 6.00. The summed E-state index contributed by atoms with van der Waals surface area (Å²) in [6, 6.07) is 5.48. The van der Waals surface area contributed by atoms with Gasteiger partial charge >= 0.3 is 0 Å². The third-order valence-corrected chi connectivity index (χ3v) is 3.85. The lowest BCUT2D eigenvalue weighted by molar-refractivity contribution is -0.128. The van der Waals surface area contributed by atoms with E-state index < -0.39 is 6.10 Å². The topological polar surface area (TPSA) is 64.8 Å². The number of hydrogen-bond acceptors (Lipinski definition) is 4. The molecular formula is C18H26N2O3. The highest BCUT2D eigenvalue weighted by atomic mass is 16.5. The molecule has 5 heteroatoms. The minimum absolute atomic E-state index is 0.0343. The van der Waals surface area contributed by atoms with E-state index in [0.29, 0.717) is 18.9 Å². The van der Waals surface area contributed by atoms with Gasteiger partial charge in [-0.1, -0.05) is 32.1 Å². The molecule has 1 aromatic carbocycles. The van der Waals surface area contributed by atoms with Crippen molar-refractivity contribution >= 4 is 11.6 Å². The number of nitrogens with zero attached hydrogens (tertiary/aromatic N) is 1. The minimum Gasteiger partial charge on any atom is -0.478 e. The first-order valence-corrected chi connectivity index (χ1v) is 7.86. The molecule has 0 bridgehead atoms. The van der Waals surface area contributed by atoms with Crippen LogP contribution in [0.15, 0.2) is 30.4 Å². The Kier molecular flexibility index (Phi) is 5.44. The Hall–Kier alpha value is -1.85. The average molecular weight is 318 g/mol. The Morgan fingerprint density at radius 1 is 1.48 bits per heavy atom. The third-order valence-electron chi connectivity index (χ3n) is 3.85. The van der Waals surface area contributed by atoms with E-state index in [1.807, 2.05) is 39.0 Å². The molecule has 1 aromatic rings. The first kappa shape index (κ1) is 17.5. The van der Waals surface area contributed by atoms with E-state index in [1.165, 1.54) is 0 Å². The van der Waals surface area contributed by atoms with Crippen LogP contribution in [0.25, 0.3) is 0 Å². The van der Waals surface area contributed by atoms with Crippen molar-refractivity contribution in [1.82, 2.24) is 0 Å². The number of ether oxygens (including phenoxy) is 2. The van der Waals surface area contributed by atoms with Crippen LogP contribution in [0, 0.1) is 5.92 Å². The van der Waals surface area contributed by atoms with Crippen LogP contribution in [-0.2, 0) is 9.53 Å². The molecule has 0 radical (unpaired) electrons. The maximum absolute atomic E-state index is 12.8. The van der Waals surface area contributed by atoms with Gasteiger partial charge in [-0.25, -0.2) is 0 Å². The van der Waals surface area contributed by atoms with Crippen molar-refractivity contribution in [2.24, 2.45) is 11.7 Å². The van der Waals surface area contributed by atoms with Gasteiger partial charge in [0.25, 0.3) is 5.91 Å². The van der Waals surface area contributed by atoms with Gasteiger partial charge in [0.2, 0.25) is 0 Å². The Morgan fingerprint density at radius 2 is 2.17 bits per heavy atom. The molecule has 0 aromatic heterocycles. The van der Waals surface area contributed by atoms with E-state index in [0.717, 1.165) is 16.8 Å². The van der Waals surface area contributed by atoms with E-state index in [2.05, 4.69) is 6.58 Å².